The second kappa shape index (κ2) is 9.64. The van der Waals surface area contributed by atoms with Gasteiger partial charge in [-0.3, -0.25) is 4.90 Å². The fourth-order valence-corrected chi connectivity index (χ4v) is 3.90. The van der Waals surface area contributed by atoms with Crippen LogP contribution in [0, 0.1) is 5.92 Å². The largest absolute Gasteiger partial charge is 0.376 e. The molecule has 0 fully saturated rings. The lowest BCUT2D eigenvalue weighted by Crippen LogP contribution is -2.42. The number of hydrogen-bond acceptors (Lipinski definition) is 3. The Morgan fingerprint density at radius 2 is 1.96 bits per heavy atom. The molecule has 1 aliphatic heterocycles. The number of carbonyl (C=O) groups excluding carboxylic acids is 1. The maximum Gasteiger partial charge on any atom is 0.321 e. The summed E-state index contributed by atoms with van der Waals surface area (Å²) in [4.78, 5) is 15.7. The first-order valence-corrected chi connectivity index (χ1v) is 10.1. The zero-order valence-electron chi connectivity index (χ0n) is 15.2. The molecular weight excluding hydrogens is 344 g/mol. The van der Waals surface area contributed by atoms with Crippen LogP contribution in [0.15, 0.2) is 59.5 Å². The Bertz CT molecular complexity index is 708. The van der Waals surface area contributed by atoms with Crippen molar-refractivity contribution >= 4 is 23.5 Å². The molecule has 1 atom stereocenters. The fourth-order valence-electron chi connectivity index (χ4n) is 2.91. The highest BCUT2D eigenvalue weighted by atomic mass is 32.2. The van der Waals surface area contributed by atoms with Crippen molar-refractivity contribution in [3.05, 3.63) is 60.2 Å². The van der Waals surface area contributed by atoms with Gasteiger partial charge in [0.1, 0.15) is 0 Å². The average molecular weight is 371 g/mol. The van der Waals surface area contributed by atoms with E-state index in [2.05, 4.69) is 30.4 Å². The predicted octanol–water partition coefficient (Wildman–Crippen LogP) is 4.55. The molecule has 138 valence electrons. The molecule has 0 spiro atoms. The number of nitrogens with zero attached hydrogens (tertiary/aromatic N) is 1. The quantitative estimate of drug-likeness (QED) is 0.811. The number of amides is 2. The molecule has 0 aliphatic carbocycles. The summed E-state index contributed by atoms with van der Waals surface area (Å²) in [5, 5.41) is 3.07. The zero-order chi connectivity index (χ0) is 18.2. The van der Waals surface area contributed by atoms with Crippen LogP contribution >= 0.6 is 11.8 Å². The van der Waals surface area contributed by atoms with Crippen LogP contribution in [0.1, 0.15) is 18.9 Å². The topological polar surface area (TPSA) is 41.6 Å². The molecular formula is C21H26N2O2S. The number of anilines is 1. The molecule has 1 N–H and O–H groups in total. The van der Waals surface area contributed by atoms with E-state index in [-0.39, 0.29) is 11.9 Å². The number of carbonyl (C=O) groups is 1. The van der Waals surface area contributed by atoms with Crippen molar-refractivity contribution in [2.45, 2.75) is 24.8 Å². The Balaban J connectivity index is 1.46. The fraction of sp³-hybridized carbons (Fsp3) is 0.381. The molecule has 5 heteroatoms. The van der Waals surface area contributed by atoms with Crippen LogP contribution in [-0.4, -0.2) is 31.5 Å². The number of urea groups is 1. The first kappa shape index (κ1) is 18.8. The van der Waals surface area contributed by atoms with E-state index < -0.39 is 0 Å². The highest BCUT2D eigenvalue weighted by molar-refractivity contribution is 7.99. The zero-order valence-corrected chi connectivity index (χ0v) is 16.0. The summed E-state index contributed by atoms with van der Waals surface area (Å²) in [6.45, 7) is 4.70. The minimum absolute atomic E-state index is 0.0186. The third-order valence-electron chi connectivity index (χ3n) is 4.30. The van der Waals surface area contributed by atoms with Crippen LogP contribution in [0.4, 0.5) is 10.5 Å². The first-order chi connectivity index (χ1) is 12.7. The van der Waals surface area contributed by atoms with Crippen molar-refractivity contribution in [1.29, 1.82) is 0 Å². The number of fused-ring (bicyclic) bond motifs is 1. The lowest BCUT2D eigenvalue weighted by molar-refractivity contribution is 0.0925. The second-order valence-electron chi connectivity index (χ2n) is 6.61. The molecule has 0 radical (unpaired) electrons. The van der Waals surface area contributed by atoms with Crippen LogP contribution in [0.5, 0.6) is 0 Å². The van der Waals surface area contributed by atoms with Gasteiger partial charge in [0.2, 0.25) is 0 Å². The Hall–Kier alpha value is -1.98. The van der Waals surface area contributed by atoms with Gasteiger partial charge < -0.3 is 10.1 Å². The molecule has 0 bridgehead atoms. The van der Waals surface area contributed by atoms with Gasteiger partial charge in [-0.1, -0.05) is 49.4 Å². The average Bonchev–Trinajstić information content (AvgIpc) is 2.89. The van der Waals surface area contributed by atoms with Crippen molar-refractivity contribution in [3.63, 3.8) is 0 Å². The molecule has 4 nitrogen and oxygen atoms in total. The van der Waals surface area contributed by atoms with E-state index in [1.807, 2.05) is 53.1 Å². The standard InChI is InChI=1S/C21H26N2O2S/c1-17(15-25-16-18-8-3-2-4-9-18)14-22-21(24)23-12-7-13-26-20-11-6-5-10-19(20)23/h2-6,8-11,17H,7,12-16H2,1H3,(H,22,24)/t17-/m0/s1. The number of benzene rings is 2. The van der Waals surface area contributed by atoms with E-state index in [1.54, 1.807) is 0 Å². The highest BCUT2D eigenvalue weighted by Crippen LogP contribution is 2.33. The van der Waals surface area contributed by atoms with Crippen LogP contribution in [0.2, 0.25) is 0 Å². The van der Waals surface area contributed by atoms with Gasteiger partial charge in [-0.2, -0.15) is 0 Å². The summed E-state index contributed by atoms with van der Waals surface area (Å²) in [5.41, 5.74) is 2.18. The van der Waals surface area contributed by atoms with Crippen molar-refractivity contribution < 1.29 is 9.53 Å². The minimum Gasteiger partial charge on any atom is -0.376 e. The lowest BCUT2D eigenvalue weighted by atomic mass is 10.2. The summed E-state index contributed by atoms with van der Waals surface area (Å²) in [6, 6.07) is 18.3. The molecule has 2 amide bonds. The van der Waals surface area contributed by atoms with Gasteiger partial charge >= 0.3 is 6.03 Å². The minimum atomic E-state index is -0.0186. The molecule has 1 aliphatic rings. The number of para-hydroxylation sites is 1. The van der Waals surface area contributed by atoms with Crippen LogP contribution in [0.25, 0.3) is 0 Å². The third kappa shape index (κ3) is 5.26. The number of nitrogens with one attached hydrogen (secondary N) is 1. The Morgan fingerprint density at radius 1 is 1.19 bits per heavy atom. The molecule has 0 saturated carbocycles. The molecule has 2 aromatic carbocycles. The van der Waals surface area contributed by atoms with E-state index in [1.165, 1.54) is 10.5 Å². The van der Waals surface area contributed by atoms with Crippen molar-refractivity contribution in [2.24, 2.45) is 5.92 Å². The summed E-state index contributed by atoms with van der Waals surface area (Å²) >= 11 is 1.82. The SMILES string of the molecule is C[C@@H](CNC(=O)N1CCCSc2ccccc21)COCc1ccccc1. The molecule has 0 saturated heterocycles. The lowest BCUT2D eigenvalue weighted by Gasteiger charge is -2.24. The summed E-state index contributed by atoms with van der Waals surface area (Å²) in [6.07, 6.45) is 1.00. The van der Waals surface area contributed by atoms with E-state index in [4.69, 9.17) is 4.74 Å². The van der Waals surface area contributed by atoms with Crippen molar-refractivity contribution in [2.75, 3.05) is 30.3 Å². The highest BCUT2D eigenvalue weighted by Gasteiger charge is 2.21. The van der Waals surface area contributed by atoms with Crippen LogP contribution in [-0.2, 0) is 11.3 Å². The third-order valence-corrected chi connectivity index (χ3v) is 5.45. The Kier molecular flexibility index (Phi) is 6.97. The number of ether oxygens (including phenoxy) is 1. The van der Waals surface area contributed by atoms with Gasteiger partial charge in [0.25, 0.3) is 0 Å². The maximum absolute atomic E-state index is 12.7. The van der Waals surface area contributed by atoms with Gasteiger partial charge in [0.15, 0.2) is 0 Å². The smallest absolute Gasteiger partial charge is 0.321 e. The molecule has 2 aromatic rings. The maximum atomic E-state index is 12.7. The van der Waals surface area contributed by atoms with Gasteiger partial charge in [0, 0.05) is 18.0 Å². The van der Waals surface area contributed by atoms with Crippen LogP contribution < -0.4 is 10.2 Å². The van der Waals surface area contributed by atoms with Crippen molar-refractivity contribution in [3.8, 4) is 0 Å². The summed E-state index contributed by atoms with van der Waals surface area (Å²) in [7, 11) is 0. The van der Waals surface area contributed by atoms with Crippen molar-refractivity contribution in [1.82, 2.24) is 5.32 Å². The van der Waals surface area contributed by atoms with Crippen LogP contribution in [0.3, 0.4) is 0 Å². The van der Waals surface area contributed by atoms with E-state index in [0.29, 0.717) is 19.8 Å². The predicted molar refractivity (Wildman–Crippen MR) is 108 cm³/mol. The molecule has 0 unspecified atom stereocenters. The molecule has 26 heavy (non-hydrogen) atoms. The molecule has 0 aromatic heterocycles. The van der Waals surface area contributed by atoms with E-state index >= 15 is 0 Å². The summed E-state index contributed by atoms with van der Waals surface area (Å²) in [5.74, 6) is 1.31. The monoisotopic (exact) mass is 370 g/mol. The number of thioether (sulfide) groups is 1. The van der Waals surface area contributed by atoms with E-state index in [9.17, 15) is 4.79 Å². The Morgan fingerprint density at radius 3 is 2.81 bits per heavy atom. The van der Waals surface area contributed by atoms with Gasteiger partial charge in [-0.05, 0) is 35.8 Å². The molecule has 3 rings (SSSR count). The normalized spacial score (nSPS) is 15.0. The second-order valence-corrected chi connectivity index (χ2v) is 7.75. The van der Waals surface area contributed by atoms with E-state index in [0.717, 1.165) is 24.4 Å². The molecule has 1 heterocycles. The van der Waals surface area contributed by atoms with Gasteiger partial charge in [0.05, 0.1) is 18.9 Å². The number of hydrogen-bond donors (Lipinski definition) is 1. The van der Waals surface area contributed by atoms with Gasteiger partial charge in [-0.25, -0.2) is 4.79 Å². The Labute approximate surface area is 159 Å². The summed E-state index contributed by atoms with van der Waals surface area (Å²) < 4.78 is 5.77. The number of rotatable bonds is 6. The first-order valence-electron chi connectivity index (χ1n) is 9.13. The van der Waals surface area contributed by atoms with Gasteiger partial charge in [-0.15, -0.1) is 11.8 Å².